The van der Waals surface area contributed by atoms with Crippen molar-refractivity contribution in [1.29, 1.82) is 0 Å². The Bertz CT molecular complexity index is 1390. The minimum absolute atomic E-state index is 0.144. The Morgan fingerprint density at radius 1 is 1.09 bits per heavy atom. The predicted molar refractivity (Wildman–Crippen MR) is 160 cm³/mol. The summed E-state index contributed by atoms with van der Waals surface area (Å²) in [4.78, 5) is 43.9. The molecular formula is C32H41FN6O4. The van der Waals surface area contributed by atoms with Gasteiger partial charge in [-0.3, -0.25) is 14.4 Å². The molecule has 3 amide bonds. The van der Waals surface area contributed by atoms with E-state index in [2.05, 4.69) is 20.8 Å². The van der Waals surface area contributed by atoms with Crippen LogP contribution in [0.4, 0.5) is 4.39 Å². The largest absolute Gasteiger partial charge is 0.412 e. The van der Waals surface area contributed by atoms with Crippen molar-refractivity contribution in [3.8, 4) is 11.5 Å². The maximum atomic E-state index is 14.0. The van der Waals surface area contributed by atoms with E-state index in [1.54, 1.807) is 35.9 Å². The number of nitrogens with one attached hydrogen (secondary N) is 2. The monoisotopic (exact) mass is 592 g/mol. The Morgan fingerprint density at radius 2 is 1.79 bits per heavy atom. The number of carbonyl (C=O) groups is 3. The normalized spacial score (nSPS) is 16.5. The van der Waals surface area contributed by atoms with Gasteiger partial charge in [-0.15, -0.1) is 10.2 Å². The van der Waals surface area contributed by atoms with E-state index < -0.39 is 23.4 Å². The van der Waals surface area contributed by atoms with Crippen LogP contribution in [0.3, 0.4) is 0 Å². The number of halogens is 1. The van der Waals surface area contributed by atoms with Crippen LogP contribution in [-0.4, -0.2) is 82.5 Å². The van der Waals surface area contributed by atoms with Gasteiger partial charge in [0.05, 0.1) is 6.04 Å². The standard InChI is InChI=1S/C32H41FN6O4/c1-21(34-5)27(40)35-26(32(2,3)4)30(41)39-18-9-12-25(39)20-38(19-17-22-13-15-24(33)16-14-22)31(42)29-37-36-28(43-29)23-10-7-6-8-11-23/h6-8,10-11,13-16,21,25-26,34H,9,12,17-20H2,1-5H3,(H,35,40). The van der Waals surface area contributed by atoms with E-state index in [9.17, 15) is 18.8 Å². The molecule has 1 aliphatic heterocycles. The van der Waals surface area contributed by atoms with Gasteiger partial charge in [-0.05, 0) is 68.5 Å². The number of likely N-dealkylation sites (tertiary alicyclic amines) is 1. The highest BCUT2D eigenvalue weighted by Gasteiger charge is 2.41. The molecule has 2 N–H and O–H groups in total. The topological polar surface area (TPSA) is 121 Å². The second-order valence-electron chi connectivity index (χ2n) is 12.1. The van der Waals surface area contributed by atoms with E-state index in [-0.39, 0.29) is 42.0 Å². The molecule has 2 aromatic carbocycles. The first-order valence-corrected chi connectivity index (χ1v) is 14.7. The van der Waals surface area contributed by atoms with Crippen LogP contribution >= 0.6 is 0 Å². The van der Waals surface area contributed by atoms with Crippen LogP contribution < -0.4 is 10.6 Å². The first-order valence-electron chi connectivity index (χ1n) is 14.7. The zero-order chi connectivity index (χ0) is 31.1. The van der Waals surface area contributed by atoms with Crippen molar-refractivity contribution >= 4 is 17.7 Å². The van der Waals surface area contributed by atoms with Gasteiger partial charge in [0.25, 0.3) is 0 Å². The van der Waals surface area contributed by atoms with Gasteiger partial charge in [-0.25, -0.2) is 4.39 Å². The highest BCUT2D eigenvalue weighted by atomic mass is 19.1. The molecule has 4 rings (SSSR count). The summed E-state index contributed by atoms with van der Waals surface area (Å²) < 4.78 is 19.3. The van der Waals surface area contributed by atoms with E-state index in [1.807, 2.05) is 51.1 Å². The summed E-state index contributed by atoms with van der Waals surface area (Å²) in [7, 11) is 1.69. The first kappa shape index (κ1) is 31.8. The van der Waals surface area contributed by atoms with Crippen molar-refractivity contribution in [3.63, 3.8) is 0 Å². The fraction of sp³-hybridized carbons (Fsp3) is 0.469. The Kier molecular flexibility index (Phi) is 10.3. The lowest BCUT2D eigenvalue weighted by atomic mass is 9.85. The van der Waals surface area contributed by atoms with E-state index in [0.29, 0.717) is 31.5 Å². The molecule has 10 nitrogen and oxygen atoms in total. The number of aromatic nitrogens is 2. The van der Waals surface area contributed by atoms with Gasteiger partial charge in [0.15, 0.2) is 0 Å². The van der Waals surface area contributed by atoms with Crippen molar-refractivity contribution in [1.82, 2.24) is 30.6 Å². The molecule has 3 aromatic rings. The molecular weight excluding hydrogens is 551 g/mol. The second-order valence-corrected chi connectivity index (χ2v) is 12.1. The molecule has 3 atom stereocenters. The SMILES string of the molecule is CNC(C)C(=O)NC(C(=O)N1CCCC1CN(CCc1ccc(F)cc1)C(=O)c1nnc(-c2ccccc2)o1)C(C)(C)C. The number of carbonyl (C=O) groups excluding carboxylic acids is 3. The van der Waals surface area contributed by atoms with Crippen molar-refractivity contribution < 1.29 is 23.2 Å². The number of hydrogen-bond acceptors (Lipinski definition) is 7. The summed E-state index contributed by atoms with van der Waals surface area (Å²) in [5, 5.41) is 14.0. The third-order valence-corrected chi connectivity index (χ3v) is 7.82. The summed E-state index contributed by atoms with van der Waals surface area (Å²) in [5.74, 6) is -1.12. The molecule has 1 aromatic heterocycles. The molecule has 0 bridgehead atoms. The summed E-state index contributed by atoms with van der Waals surface area (Å²) in [6, 6.07) is 13.9. The molecule has 11 heteroatoms. The van der Waals surface area contributed by atoms with E-state index in [1.165, 1.54) is 12.1 Å². The number of nitrogens with zero attached hydrogens (tertiary/aromatic N) is 4. The number of likely N-dealkylation sites (N-methyl/N-ethyl adjacent to an activating group) is 1. The molecule has 1 fully saturated rings. The third kappa shape index (κ3) is 8.04. The number of amides is 3. The van der Waals surface area contributed by atoms with Gasteiger partial charge in [-0.2, -0.15) is 0 Å². The summed E-state index contributed by atoms with van der Waals surface area (Å²) in [5.41, 5.74) is 1.02. The van der Waals surface area contributed by atoms with Gasteiger partial charge in [-0.1, -0.05) is 51.1 Å². The van der Waals surface area contributed by atoms with Crippen LogP contribution in [0.5, 0.6) is 0 Å². The maximum absolute atomic E-state index is 14.0. The quantitative estimate of drug-likeness (QED) is 0.348. The Balaban J connectivity index is 1.56. The summed E-state index contributed by atoms with van der Waals surface area (Å²) >= 11 is 0. The van der Waals surface area contributed by atoms with Gasteiger partial charge in [0, 0.05) is 31.2 Å². The Hall–Kier alpha value is -4.12. The fourth-order valence-electron chi connectivity index (χ4n) is 5.12. The van der Waals surface area contributed by atoms with Gasteiger partial charge in [0.2, 0.25) is 17.7 Å². The Morgan fingerprint density at radius 3 is 2.44 bits per heavy atom. The van der Waals surface area contributed by atoms with Crippen molar-refractivity contribution in [2.75, 3.05) is 26.7 Å². The molecule has 230 valence electrons. The van der Waals surface area contributed by atoms with Gasteiger partial charge < -0.3 is 24.9 Å². The molecule has 0 saturated carbocycles. The molecule has 0 aliphatic carbocycles. The van der Waals surface area contributed by atoms with Crippen molar-refractivity contribution in [3.05, 3.63) is 71.9 Å². The lowest BCUT2D eigenvalue weighted by Crippen LogP contribution is -2.59. The minimum Gasteiger partial charge on any atom is -0.412 e. The lowest BCUT2D eigenvalue weighted by Gasteiger charge is -2.37. The van der Waals surface area contributed by atoms with Gasteiger partial charge >= 0.3 is 11.8 Å². The maximum Gasteiger partial charge on any atom is 0.311 e. The Labute approximate surface area is 252 Å². The van der Waals surface area contributed by atoms with Crippen LogP contribution in [0.25, 0.3) is 11.5 Å². The average molecular weight is 593 g/mol. The van der Waals surface area contributed by atoms with Crippen LogP contribution in [-0.2, 0) is 16.0 Å². The molecule has 1 aliphatic rings. The van der Waals surface area contributed by atoms with E-state index in [4.69, 9.17) is 4.42 Å². The van der Waals surface area contributed by atoms with Crippen molar-refractivity contribution in [2.45, 2.75) is 65.1 Å². The molecule has 3 unspecified atom stereocenters. The molecule has 0 spiro atoms. The highest BCUT2D eigenvalue weighted by Crippen LogP contribution is 2.27. The summed E-state index contributed by atoms with van der Waals surface area (Å²) in [6.45, 7) is 8.56. The van der Waals surface area contributed by atoms with E-state index in [0.717, 1.165) is 12.0 Å². The average Bonchev–Trinajstić information content (AvgIpc) is 3.68. The molecule has 2 heterocycles. The summed E-state index contributed by atoms with van der Waals surface area (Å²) in [6.07, 6.45) is 1.94. The predicted octanol–water partition coefficient (Wildman–Crippen LogP) is 3.69. The molecule has 0 radical (unpaired) electrons. The zero-order valence-corrected chi connectivity index (χ0v) is 25.5. The number of benzene rings is 2. The first-order chi connectivity index (χ1) is 20.5. The van der Waals surface area contributed by atoms with E-state index >= 15 is 0 Å². The van der Waals surface area contributed by atoms with Crippen molar-refractivity contribution in [2.24, 2.45) is 5.41 Å². The molecule has 1 saturated heterocycles. The van der Waals surface area contributed by atoms with Crippen LogP contribution in [0, 0.1) is 11.2 Å². The van der Waals surface area contributed by atoms with Crippen LogP contribution in [0.2, 0.25) is 0 Å². The fourth-order valence-corrected chi connectivity index (χ4v) is 5.12. The smallest absolute Gasteiger partial charge is 0.311 e. The third-order valence-electron chi connectivity index (χ3n) is 7.82. The molecule has 43 heavy (non-hydrogen) atoms. The number of rotatable bonds is 11. The zero-order valence-electron chi connectivity index (χ0n) is 25.5. The van der Waals surface area contributed by atoms with Crippen LogP contribution in [0.15, 0.2) is 59.0 Å². The number of hydrogen-bond donors (Lipinski definition) is 2. The lowest BCUT2D eigenvalue weighted by molar-refractivity contribution is -0.140. The van der Waals surface area contributed by atoms with Gasteiger partial charge in [0.1, 0.15) is 11.9 Å². The highest BCUT2D eigenvalue weighted by molar-refractivity contribution is 5.91. The van der Waals surface area contributed by atoms with Crippen LogP contribution in [0.1, 0.15) is 56.8 Å². The second kappa shape index (κ2) is 13.9. The minimum atomic E-state index is -0.746.